The summed E-state index contributed by atoms with van der Waals surface area (Å²) in [6.45, 7) is 8.72. The van der Waals surface area contributed by atoms with Gasteiger partial charge in [-0.3, -0.25) is 19.5 Å². The lowest BCUT2D eigenvalue weighted by Gasteiger charge is -2.24. The van der Waals surface area contributed by atoms with Crippen LogP contribution in [0.1, 0.15) is 53.3 Å². The van der Waals surface area contributed by atoms with Gasteiger partial charge in [0.2, 0.25) is 11.8 Å². The maximum Gasteiger partial charge on any atom is 0.240 e. The molecule has 4 aromatic rings. The molecule has 1 aromatic carbocycles. The molecule has 1 atom stereocenters. The first-order valence-electron chi connectivity index (χ1n) is 12.5. The molecule has 0 radical (unpaired) electrons. The quantitative estimate of drug-likeness (QED) is 0.350. The van der Waals surface area contributed by atoms with E-state index in [1.165, 1.54) is 4.88 Å². The monoisotopic (exact) mass is 545 g/mol. The second-order valence-corrected chi connectivity index (χ2v) is 12.5. The second-order valence-electron chi connectivity index (χ2n) is 10.4. The number of nitrogens with zero attached hydrogens (tertiary/aromatic N) is 4. The summed E-state index contributed by atoms with van der Waals surface area (Å²) >= 11 is 3.28. The number of aryl methyl sites for hydroxylation is 1. The summed E-state index contributed by atoms with van der Waals surface area (Å²) in [4.78, 5) is 33.8. The van der Waals surface area contributed by atoms with Crippen LogP contribution in [0, 0.1) is 6.92 Å². The van der Waals surface area contributed by atoms with Crippen molar-refractivity contribution in [2.24, 2.45) is 0 Å². The highest BCUT2D eigenvalue weighted by molar-refractivity contribution is 8.00. The number of thioether (sulfide) groups is 1. The van der Waals surface area contributed by atoms with Gasteiger partial charge in [-0.05, 0) is 47.7 Å². The topological polar surface area (TPSA) is 80.1 Å². The molecule has 5 rings (SSSR count). The number of hydrogen-bond acceptors (Lipinski definition) is 6. The minimum Gasteiger partial charge on any atom is -0.350 e. The number of pyridine rings is 1. The highest BCUT2D eigenvalue weighted by atomic mass is 32.2. The molecule has 0 saturated carbocycles. The van der Waals surface area contributed by atoms with Crippen LogP contribution in [0.2, 0.25) is 0 Å². The first kappa shape index (κ1) is 26.2. The van der Waals surface area contributed by atoms with E-state index in [0.717, 1.165) is 28.1 Å². The van der Waals surface area contributed by atoms with Gasteiger partial charge in [0.15, 0.2) is 0 Å². The summed E-state index contributed by atoms with van der Waals surface area (Å²) in [6, 6.07) is 16.0. The van der Waals surface area contributed by atoms with E-state index in [2.05, 4.69) is 48.6 Å². The fourth-order valence-corrected chi connectivity index (χ4v) is 6.76. The van der Waals surface area contributed by atoms with Crippen LogP contribution in [-0.4, -0.2) is 38.9 Å². The van der Waals surface area contributed by atoms with Crippen LogP contribution >= 0.6 is 23.1 Å². The van der Waals surface area contributed by atoms with Crippen LogP contribution in [0.3, 0.4) is 0 Å². The zero-order chi connectivity index (χ0) is 26.9. The third kappa shape index (κ3) is 5.39. The van der Waals surface area contributed by atoms with E-state index >= 15 is 0 Å². The summed E-state index contributed by atoms with van der Waals surface area (Å²) in [6.07, 6.45) is 3.42. The average Bonchev–Trinajstić information content (AvgIpc) is 3.53. The fourth-order valence-electron chi connectivity index (χ4n) is 4.58. The van der Waals surface area contributed by atoms with Gasteiger partial charge in [0.1, 0.15) is 12.4 Å². The van der Waals surface area contributed by atoms with E-state index in [-0.39, 0.29) is 34.8 Å². The minimum atomic E-state index is -0.281. The molecular weight excluding hydrogens is 514 g/mol. The number of rotatable bonds is 6. The third-order valence-electron chi connectivity index (χ3n) is 6.36. The molecule has 0 aliphatic carbocycles. The second kappa shape index (κ2) is 10.7. The molecule has 1 aliphatic heterocycles. The van der Waals surface area contributed by atoms with Crippen LogP contribution in [0.4, 0.5) is 5.82 Å². The smallest absolute Gasteiger partial charge is 0.240 e. The molecule has 0 bridgehead atoms. The Morgan fingerprint density at radius 3 is 2.68 bits per heavy atom. The van der Waals surface area contributed by atoms with Crippen molar-refractivity contribution in [3.8, 4) is 5.69 Å². The molecule has 0 saturated heterocycles. The zero-order valence-corrected chi connectivity index (χ0v) is 23.6. The standard InChI is InChI=1S/C29H31N5O2S2/c1-19-8-5-10-21(14-19)34-28-25(27(32-34)29(2,3)4)26(22-11-7-13-37-22)38-18-24(36)33(28)17-23(35)31-16-20-9-6-12-30-15-20/h5-15,26H,16-18H2,1-4H3,(H,31,35)/t26-/m0/s1. The number of carbonyl (C=O) groups excluding carboxylic acids is 2. The Hall–Kier alpha value is -3.43. The molecular formula is C29H31N5O2S2. The largest absolute Gasteiger partial charge is 0.350 e. The lowest BCUT2D eigenvalue weighted by molar-refractivity contribution is -0.123. The molecule has 9 heteroatoms. The summed E-state index contributed by atoms with van der Waals surface area (Å²) in [5, 5.41) is 10.1. The predicted molar refractivity (Wildman–Crippen MR) is 154 cm³/mol. The Bertz CT molecular complexity index is 1440. The highest BCUT2D eigenvalue weighted by Crippen LogP contribution is 2.49. The van der Waals surface area contributed by atoms with Crippen molar-refractivity contribution in [2.45, 2.75) is 44.9 Å². The summed E-state index contributed by atoms with van der Waals surface area (Å²) < 4.78 is 1.86. The molecule has 0 fully saturated rings. The Kier molecular flexibility index (Phi) is 7.40. The number of thiophene rings is 1. The first-order valence-corrected chi connectivity index (χ1v) is 14.5. The summed E-state index contributed by atoms with van der Waals surface area (Å²) in [5.41, 5.74) is 4.50. The molecule has 38 heavy (non-hydrogen) atoms. The van der Waals surface area contributed by atoms with Gasteiger partial charge in [0.05, 0.1) is 22.4 Å². The Labute approximate surface area is 231 Å². The van der Waals surface area contributed by atoms with Crippen molar-refractivity contribution in [1.29, 1.82) is 0 Å². The van der Waals surface area contributed by atoms with E-state index in [1.807, 2.05) is 48.0 Å². The van der Waals surface area contributed by atoms with Crippen LogP contribution in [0.15, 0.2) is 66.3 Å². The van der Waals surface area contributed by atoms with Gasteiger partial charge in [0.25, 0.3) is 0 Å². The number of carbonyl (C=O) groups is 2. The molecule has 7 nitrogen and oxygen atoms in total. The third-order valence-corrected chi connectivity index (χ3v) is 8.68. The van der Waals surface area contributed by atoms with E-state index in [4.69, 9.17) is 5.10 Å². The van der Waals surface area contributed by atoms with E-state index in [0.29, 0.717) is 12.4 Å². The van der Waals surface area contributed by atoms with Gasteiger partial charge < -0.3 is 5.32 Å². The van der Waals surface area contributed by atoms with Crippen molar-refractivity contribution in [1.82, 2.24) is 20.1 Å². The van der Waals surface area contributed by atoms with Crippen molar-refractivity contribution < 1.29 is 9.59 Å². The van der Waals surface area contributed by atoms with Crippen molar-refractivity contribution >= 4 is 40.7 Å². The van der Waals surface area contributed by atoms with E-state index in [1.54, 1.807) is 40.4 Å². The van der Waals surface area contributed by atoms with Gasteiger partial charge in [-0.2, -0.15) is 5.10 Å². The Morgan fingerprint density at radius 1 is 1.16 bits per heavy atom. The van der Waals surface area contributed by atoms with Crippen LogP contribution in [0.5, 0.6) is 0 Å². The lowest BCUT2D eigenvalue weighted by atomic mass is 9.88. The van der Waals surface area contributed by atoms with Crippen LogP contribution in [0.25, 0.3) is 5.69 Å². The fraction of sp³-hybridized carbons (Fsp3) is 0.310. The average molecular weight is 546 g/mol. The number of hydrogen-bond donors (Lipinski definition) is 1. The maximum atomic E-state index is 13.7. The molecule has 1 aliphatic rings. The molecule has 0 spiro atoms. The van der Waals surface area contributed by atoms with Gasteiger partial charge in [0, 0.05) is 34.8 Å². The lowest BCUT2D eigenvalue weighted by Crippen LogP contribution is -2.42. The SMILES string of the molecule is Cc1cccc(-n2nc(C(C)(C)C)c3c2N(CC(=O)NCc2cccnc2)C(=O)CS[C@H]3c2cccs2)c1. The van der Waals surface area contributed by atoms with Crippen molar-refractivity contribution in [2.75, 3.05) is 17.2 Å². The van der Waals surface area contributed by atoms with Gasteiger partial charge in [-0.1, -0.05) is 45.0 Å². The number of anilines is 1. The molecule has 1 N–H and O–H groups in total. The summed E-state index contributed by atoms with van der Waals surface area (Å²) in [5.74, 6) is 0.596. The molecule has 4 heterocycles. The number of nitrogens with one attached hydrogen (secondary N) is 1. The van der Waals surface area contributed by atoms with Gasteiger partial charge >= 0.3 is 0 Å². The van der Waals surface area contributed by atoms with Crippen molar-refractivity contribution in [3.63, 3.8) is 0 Å². The van der Waals surface area contributed by atoms with E-state index in [9.17, 15) is 9.59 Å². The minimum absolute atomic E-state index is 0.0646. The molecule has 0 unspecified atom stereocenters. The zero-order valence-electron chi connectivity index (χ0n) is 22.0. The number of fused-ring (bicyclic) bond motifs is 1. The highest BCUT2D eigenvalue weighted by Gasteiger charge is 2.40. The molecule has 3 aromatic heterocycles. The first-order chi connectivity index (χ1) is 18.2. The van der Waals surface area contributed by atoms with Gasteiger partial charge in [-0.25, -0.2) is 4.68 Å². The van der Waals surface area contributed by atoms with Crippen LogP contribution < -0.4 is 10.2 Å². The maximum absolute atomic E-state index is 13.7. The molecule has 196 valence electrons. The predicted octanol–water partition coefficient (Wildman–Crippen LogP) is 5.42. The van der Waals surface area contributed by atoms with Gasteiger partial charge in [-0.15, -0.1) is 23.1 Å². The summed E-state index contributed by atoms with van der Waals surface area (Å²) in [7, 11) is 0. The number of amides is 2. The number of benzene rings is 1. The van der Waals surface area contributed by atoms with Crippen molar-refractivity contribution in [3.05, 3.63) is 93.6 Å². The molecule has 2 amide bonds. The van der Waals surface area contributed by atoms with Crippen LogP contribution in [-0.2, 0) is 21.5 Å². The Morgan fingerprint density at radius 2 is 2.00 bits per heavy atom. The normalized spacial score (nSPS) is 15.7. The Balaban J connectivity index is 1.63. The van der Waals surface area contributed by atoms with E-state index < -0.39 is 0 Å². The number of aromatic nitrogens is 3.